The van der Waals surface area contributed by atoms with Crippen LogP contribution in [0.5, 0.6) is 0 Å². The van der Waals surface area contributed by atoms with Crippen molar-refractivity contribution in [3.05, 3.63) is 60.6 Å². The fourth-order valence-corrected chi connectivity index (χ4v) is 2.61. The van der Waals surface area contributed by atoms with Crippen LogP contribution >= 0.6 is 0 Å². The fourth-order valence-electron chi connectivity index (χ4n) is 2.61. The van der Waals surface area contributed by atoms with Gasteiger partial charge in [-0.25, -0.2) is 9.78 Å². The van der Waals surface area contributed by atoms with Crippen LogP contribution in [0.3, 0.4) is 0 Å². The lowest BCUT2D eigenvalue weighted by atomic mass is 10.2. The minimum absolute atomic E-state index is 0.344. The van der Waals surface area contributed by atoms with E-state index < -0.39 is 0 Å². The van der Waals surface area contributed by atoms with E-state index in [-0.39, 0.29) is 6.03 Å². The summed E-state index contributed by atoms with van der Waals surface area (Å²) in [7, 11) is 0. The molecule has 6 heteroatoms. The molecule has 0 fully saturated rings. The number of nitrogens with one attached hydrogen (secondary N) is 2. The van der Waals surface area contributed by atoms with E-state index in [9.17, 15) is 4.79 Å². The number of fused-ring (bicyclic) bond motifs is 2. The Morgan fingerprint density at radius 3 is 2.88 bits per heavy atom. The lowest BCUT2D eigenvalue weighted by Crippen LogP contribution is -2.19. The number of hydrogen-bond acceptors (Lipinski definition) is 4. The van der Waals surface area contributed by atoms with Crippen molar-refractivity contribution in [3.8, 4) is 0 Å². The largest absolute Gasteiger partial charge is 0.441 e. The molecule has 2 aromatic carbocycles. The maximum absolute atomic E-state index is 12.3. The van der Waals surface area contributed by atoms with Crippen LogP contribution in [0, 0.1) is 6.92 Å². The summed E-state index contributed by atoms with van der Waals surface area (Å²) in [6, 6.07) is 14.4. The summed E-state index contributed by atoms with van der Waals surface area (Å²) in [6.45, 7) is 1.79. The molecule has 4 rings (SSSR count). The van der Waals surface area contributed by atoms with E-state index in [2.05, 4.69) is 20.6 Å². The Labute approximate surface area is 137 Å². The number of aryl methyl sites for hydroxylation is 1. The van der Waals surface area contributed by atoms with Crippen LogP contribution in [0.2, 0.25) is 0 Å². The number of benzene rings is 2. The zero-order valence-electron chi connectivity index (χ0n) is 12.9. The highest BCUT2D eigenvalue weighted by Crippen LogP contribution is 2.22. The number of oxazole rings is 1. The molecule has 0 atom stereocenters. The highest BCUT2D eigenvalue weighted by molar-refractivity contribution is 6.05. The molecular formula is C18H14N4O2. The Balaban J connectivity index is 1.56. The van der Waals surface area contributed by atoms with Gasteiger partial charge in [0.25, 0.3) is 0 Å². The lowest BCUT2D eigenvalue weighted by Gasteiger charge is -2.09. The molecule has 2 aromatic heterocycles. The van der Waals surface area contributed by atoms with Crippen LogP contribution in [-0.2, 0) is 0 Å². The van der Waals surface area contributed by atoms with E-state index >= 15 is 0 Å². The Bertz CT molecular complexity index is 1050. The monoisotopic (exact) mass is 318 g/mol. The Morgan fingerprint density at radius 2 is 1.96 bits per heavy atom. The van der Waals surface area contributed by atoms with E-state index in [0.717, 1.165) is 16.4 Å². The predicted octanol–water partition coefficient (Wildman–Crippen LogP) is 4.33. The first-order valence-corrected chi connectivity index (χ1v) is 7.48. The molecule has 6 nitrogen and oxygen atoms in total. The molecule has 2 amide bonds. The summed E-state index contributed by atoms with van der Waals surface area (Å²) < 4.78 is 5.47. The molecule has 0 saturated heterocycles. The van der Waals surface area contributed by atoms with Crippen molar-refractivity contribution < 1.29 is 9.21 Å². The molecule has 0 radical (unpaired) electrons. The lowest BCUT2D eigenvalue weighted by molar-refractivity contribution is 0.262. The van der Waals surface area contributed by atoms with Crippen LogP contribution < -0.4 is 10.6 Å². The van der Waals surface area contributed by atoms with Gasteiger partial charge in [-0.15, -0.1) is 0 Å². The molecule has 0 aliphatic carbocycles. The first-order valence-electron chi connectivity index (χ1n) is 7.48. The quantitative estimate of drug-likeness (QED) is 0.576. The summed E-state index contributed by atoms with van der Waals surface area (Å²) in [5.74, 6) is 0.591. The van der Waals surface area contributed by atoms with Crippen LogP contribution in [0.4, 0.5) is 16.2 Å². The fraction of sp³-hybridized carbons (Fsp3) is 0.0556. The maximum atomic E-state index is 12.3. The Kier molecular flexibility index (Phi) is 3.35. The number of pyridine rings is 1. The molecule has 0 bridgehead atoms. The number of urea groups is 1. The average Bonchev–Trinajstić information content (AvgIpc) is 2.94. The molecule has 2 heterocycles. The molecule has 0 unspecified atom stereocenters. The molecule has 0 saturated carbocycles. The Morgan fingerprint density at radius 1 is 1.08 bits per heavy atom. The SMILES string of the molecule is Cc1nc2ccc(NC(=O)Nc3cccc4cccnc34)cc2o1. The normalized spacial score (nSPS) is 10.9. The van der Waals surface area contributed by atoms with Gasteiger partial charge in [0.2, 0.25) is 0 Å². The summed E-state index contributed by atoms with van der Waals surface area (Å²) in [5, 5.41) is 6.59. The number of hydrogen-bond donors (Lipinski definition) is 2. The number of aromatic nitrogens is 2. The van der Waals surface area contributed by atoms with Gasteiger partial charge >= 0.3 is 6.03 Å². The number of rotatable bonds is 2. The van der Waals surface area contributed by atoms with Crippen molar-refractivity contribution in [2.45, 2.75) is 6.92 Å². The van der Waals surface area contributed by atoms with E-state index in [1.165, 1.54) is 0 Å². The number of anilines is 2. The highest BCUT2D eigenvalue weighted by Gasteiger charge is 2.08. The standard InChI is InChI=1S/C18H14N4O2/c1-11-20-14-8-7-13(10-16(14)24-11)21-18(23)22-15-6-2-4-12-5-3-9-19-17(12)15/h2-10H,1H3,(H2,21,22,23). The van der Waals surface area contributed by atoms with Crippen molar-refractivity contribution in [2.75, 3.05) is 10.6 Å². The zero-order chi connectivity index (χ0) is 16.5. The second-order valence-electron chi connectivity index (χ2n) is 5.38. The first-order chi connectivity index (χ1) is 11.7. The summed E-state index contributed by atoms with van der Waals surface area (Å²) in [4.78, 5) is 20.8. The topological polar surface area (TPSA) is 80.0 Å². The van der Waals surface area contributed by atoms with Crippen LogP contribution in [0.15, 0.2) is 59.1 Å². The number of para-hydroxylation sites is 1. The van der Waals surface area contributed by atoms with Gasteiger partial charge in [-0.1, -0.05) is 18.2 Å². The van der Waals surface area contributed by atoms with Gasteiger partial charge in [-0.2, -0.15) is 0 Å². The number of carbonyl (C=O) groups excluding carboxylic acids is 1. The van der Waals surface area contributed by atoms with Crippen LogP contribution in [-0.4, -0.2) is 16.0 Å². The number of nitrogens with zero attached hydrogens (tertiary/aromatic N) is 2. The van der Waals surface area contributed by atoms with Gasteiger partial charge < -0.3 is 15.1 Å². The smallest absolute Gasteiger partial charge is 0.323 e. The van der Waals surface area contributed by atoms with Crippen LogP contribution in [0.1, 0.15) is 5.89 Å². The summed E-state index contributed by atoms with van der Waals surface area (Å²) >= 11 is 0. The average molecular weight is 318 g/mol. The van der Waals surface area contributed by atoms with Crippen molar-refractivity contribution >= 4 is 39.4 Å². The molecule has 24 heavy (non-hydrogen) atoms. The molecule has 118 valence electrons. The van der Waals surface area contributed by atoms with Crippen molar-refractivity contribution in [1.82, 2.24) is 9.97 Å². The van der Waals surface area contributed by atoms with E-state index in [1.54, 1.807) is 31.3 Å². The Hall–Kier alpha value is -3.41. The molecular weight excluding hydrogens is 304 g/mol. The summed E-state index contributed by atoms with van der Waals surface area (Å²) in [6.07, 6.45) is 1.70. The van der Waals surface area contributed by atoms with Crippen LogP contribution in [0.25, 0.3) is 22.0 Å². The highest BCUT2D eigenvalue weighted by atomic mass is 16.3. The first kappa shape index (κ1) is 14.2. The minimum Gasteiger partial charge on any atom is -0.441 e. The molecule has 2 N–H and O–H groups in total. The van der Waals surface area contributed by atoms with Crippen molar-refractivity contribution in [3.63, 3.8) is 0 Å². The van der Waals surface area contributed by atoms with Gasteiger partial charge in [-0.05, 0) is 24.3 Å². The van der Waals surface area contributed by atoms with E-state index in [0.29, 0.717) is 22.8 Å². The van der Waals surface area contributed by atoms with Gasteiger partial charge in [0.15, 0.2) is 11.5 Å². The predicted molar refractivity (Wildman–Crippen MR) is 93.1 cm³/mol. The number of carbonyl (C=O) groups is 1. The van der Waals surface area contributed by atoms with Gasteiger partial charge in [0.1, 0.15) is 5.52 Å². The third-order valence-electron chi connectivity index (χ3n) is 3.63. The van der Waals surface area contributed by atoms with Crippen molar-refractivity contribution in [2.24, 2.45) is 0 Å². The number of amides is 2. The molecule has 0 aliphatic heterocycles. The third-order valence-corrected chi connectivity index (χ3v) is 3.63. The molecule has 0 aliphatic rings. The second kappa shape index (κ2) is 5.66. The van der Waals surface area contributed by atoms with E-state index in [4.69, 9.17) is 4.42 Å². The zero-order valence-corrected chi connectivity index (χ0v) is 12.9. The maximum Gasteiger partial charge on any atom is 0.323 e. The third kappa shape index (κ3) is 2.65. The van der Waals surface area contributed by atoms with Gasteiger partial charge in [0.05, 0.1) is 11.2 Å². The van der Waals surface area contributed by atoms with Gasteiger partial charge in [0, 0.05) is 30.3 Å². The molecule has 4 aromatic rings. The molecule has 0 spiro atoms. The van der Waals surface area contributed by atoms with E-state index in [1.807, 2.05) is 30.3 Å². The summed E-state index contributed by atoms with van der Waals surface area (Å²) in [5.41, 5.74) is 3.43. The van der Waals surface area contributed by atoms with Crippen molar-refractivity contribution in [1.29, 1.82) is 0 Å². The second-order valence-corrected chi connectivity index (χ2v) is 5.38. The minimum atomic E-state index is -0.344. The van der Waals surface area contributed by atoms with Gasteiger partial charge in [-0.3, -0.25) is 4.98 Å².